The van der Waals surface area contributed by atoms with E-state index in [-0.39, 0.29) is 12.3 Å². The van der Waals surface area contributed by atoms with Gasteiger partial charge in [-0.25, -0.2) is 9.29 Å². The summed E-state index contributed by atoms with van der Waals surface area (Å²) in [5.74, 6) is -1.22. The molecule has 174 valence electrons. The van der Waals surface area contributed by atoms with Gasteiger partial charge in [-0.2, -0.15) is 0 Å². The Bertz CT molecular complexity index is 1200. The Hall–Kier alpha value is -3.00. The Labute approximate surface area is 212 Å². The van der Waals surface area contributed by atoms with Gasteiger partial charge in [0.1, 0.15) is 11.9 Å². The first-order chi connectivity index (χ1) is 16.3. The third-order valence-electron chi connectivity index (χ3n) is 5.49. The Kier molecular flexibility index (Phi) is 7.46. The molecule has 0 spiro atoms. The molecule has 1 N–H and O–H groups in total. The number of carbonyl (C=O) groups is 2. The van der Waals surface area contributed by atoms with Crippen LogP contribution in [0, 0.1) is 5.82 Å². The lowest BCUT2D eigenvalue weighted by Crippen LogP contribution is -2.48. The second-order valence-electron chi connectivity index (χ2n) is 7.77. The molecule has 1 atom stereocenters. The number of hydrogen-bond donors (Lipinski definition) is 1. The van der Waals surface area contributed by atoms with Gasteiger partial charge >= 0.3 is 0 Å². The van der Waals surface area contributed by atoms with Crippen molar-refractivity contribution >= 4 is 63.7 Å². The first-order valence-corrected chi connectivity index (χ1v) is 11.7. The smallest absolute Gasteiger partial charge is 0.257 e. The van der Waals surface area contributed by atoms with Crippen molar-refractivity contribution in [1.82, 2.24) is 4.90 Å². The van der Waals surface area contributed by atoms with Gasteiger partial charge in [-0.15, -0.1) is 0 Å². The quantitative estimate of drug-likeness (QED) is 0.336. The molecule has 9 heteroatoms. The number of rotatable bonds is 6. The number of amides is 2. The van der Waals surface area contributed by atoms with Crippen LogP contribution < -0.4 is 10.2 Å². The summed E-state index contributed by atoms with van der Waals surface area (Å²) in [6.07, 6.45) is 0.535. The topological polar surface area (TPSA) is 52.7 Å². The minimum absolute atomic E-state index is 0.0424. The van der Waals surface area contributed by atoms with E-state index in [2.05, 4.69) is 5.32 Å². The number of carbonyl (C=O) groups excluding carboxylic acids is 2. The van der Waals surface area contributed by atoms with Crippen molar-refractivity contribution in [2.75, 3.05) is 16.8 Å². The van der Waals surface area contributed by atoms with E-state index in [1.165, 1.54) is 24.3 Å². The van der Waals surface area contributed by atoms with Crippen LogP contribution in [0.15, 0.2) is 72.8 Å². The largest absolute Gasteiger partial charge is 0.336 e. The lowest BCUT2D eigenvalue weighted by atomic mass is 10.1. The van der Waals surface area contributed by atoms with Gasteiger partial charge in [0.25, 0.3) is 5.91 Å². The summed E-state index contributed by atoms with van der Waals surface area (Å²) in [6, 6.07) is 18.9. The van der Waals surface area contributed by atoms with Crippen molar-refractivity contribution in [3.63, 3.8) is 0 Å². The Morgan fingerprint density at radius 1 is 0.971 bits per heavy atom. The van der Waals surface area contributed by atoms with Crippen LogP contribution >= 0.6 is 35.4 Å². The normalized spacial score (nSPS) is 15.5. The molecule has 4 rings (SSSR count). The van der Waals surface area contributed by atoms with Gasteiger partial charge in [0.05, 0.1) is 12.1 Å². The molecule has 0 bridgehead atoms. The molecule has 1 aliphatic rings. The number of thiocarbonyl (C=S) groups is 1. The maximum Gasteiger partial charge on any atom is 0.257 e. The SMILES string of the molecule is O=C1CC(N(CCc2ccc(Cl)cc2)C(=S)Nc2ccc(Cl)cc2)C(=O)N1c1ccc(F)cc1. The number of halogens is 3. The van der Waals surface area contributed by atoms with Gasteiger partial charge in [0, 0.05) is 22.3 Å². The van der Waals surface area contributed by atoms with Gasteiger partial charge < -0.3 is 10.2 Å². The number of benzene rings is 3. The van der Waals surface area contributed by atoms with Gasteiger partial charge in [0.2, 0.25) is 5.91 Å². The molecule has 5 nitrogen and oxygen atoms in total. The predicted octanol–water partition coefficient (Wildman–Crippen LogP) is 5.71. The second kappa shape index (κ2) is 10.5. The molecule has 1 fully saturated rings. The van der Waals surface area contributed by atoms with Gasteiger partial charge in [-0.05, 0) is 84.9 Å². The van der Waals surface area contributed by atoms with E-state index in [1.807, 2.05) is 12.1 Å². The van der Waals surface area contributed by atoms with Crippen LogP contribution in [0.4, 0.5) is 15.8 Å². The van der Waals surface area contributed by atoms with Crippen molar-refractivity contribution in [2.45, 2.75) is 18.9 Å². The maximum atomic E-state index is 13.4. The monoisotopic (exact) mass is 515 g/mol. The van der Waals surface area contributed by atoms with E-state index < -0.39 is 17.8 Å². The van der Waals surface area contributed by atoms with Crippen molar-refractivity contribution < 1.29 is 14.0 Å². The standard InChI is InChI=1S/C25H20Cl2FN3O2S/c26-17-3-1-16(2-4-17)13-14-30(25(34)29-20-9-5-18(27)6-10-20)22-15-23(32)31(24(22)33)21-11-7-19(28)8-12-21/h1-12,22H,13-15H2,(H,29,34). The Morgan fingerprint density at radius 2 is 1.56 bits per heavy atom. The fourth-order valence-corrected chi connectivity index (χ4v) is 4.34. The summed E-state index contributed by atoms with van der Waals surface area (Å²) in [6.45, 7) is 0.391. The molecule has 34 heavy (non-hydrogen) atoms. The molecule has 0 radical (unpaired) electrons. The van der Waals surface area contributed by atoms with E-state index in [0.29, 0.717) is 39.5 Å². The van der Waals surface area contributed by atoms with E-state index in [0.717, 1.165) is 10.5 Å². The summed E-state index contributed by atoms with van der Waals surface area (Å²) in [4.78, 5) is 29.0. The summed E-state index contributed by atoms with van der Waals surface area (Å²) >= 11 is 17.6. The zero-order valence-corrected chi connectivity index (χ0v) is 20.2. The highest BCUT2D eigenvalue weighted by Crippen LogP contribution is 2.27. The predicted molar refractivity (Wildman–Crippen MR) is 137 cm³/mol. The molecule has 1 aliphatic heterocycles. The molecule has 1 saturated heterocycles. The lowest BCUT2D eigenvalue weighted by molar-refractivity contribution is -0.122. The summed E-state index contributed by atoms with van der Waals surface area (Å²) in [7, 11) is 0. The van der Waals surface area contributed by atoms with Crippen molar-refractivity contribution in [3.05, 3.63) is 94.2 Å². The molecule has 0 aliphatic carbocycles. The lowest BCUT2D eigenvalue weighted by Gasteiger charge is -2.30. The molecule has 1 unspecified atom stereocenters. The minimum Gasteiger partial charge on any atom is -0.336 e. The van der Waals surface area contributed by atoms with Crippen LogP contribution in [0.1, 0.15) is 12.0 Å². The molecular formula is C25H20Cl2FN3O2S. The zero-order valence-electron chi connectivity index (χ0n) is 17.9. The molecule has 0 saturated carbocycles. The van der Waals surface area contributed by atoms with Crippen LogP contribution in [0.2, 0.25) is 10.0 Å². The minimum atomic E-state index is -0.794. The van der Waals surface area contributed by atoms with E-state index in [1.54, 1.807) is 41.3 Å². The van der Waals surface area contributed by atoms with E-state index in [4.69, 9.17) is 35.4 Å². The average molecular weight is 516 g/mol. The highest BCUT2D eigenvalue weighted by molar-refractivity contribution is 7.80. The van der Waals surface area contributed by atoms with Crippen molar-refractivity contribution in [1.29, 1.82) is 0 Å². The molecule has 3 aromatic carbocycles. The zero-order chi connectivity index (χ0) is 24.2. The number of hydrogen-bond acceptors (Lipinski definition) is 3. The summed E-state index contributed by atoms with van der Waals surface area (Å²) < 4.78 is 13.4. The van der Waals surface area contributed by atoms with Gasteiger partial charge in [-0.3, -0.25) is 9.59 Å². The van der Waals surface area contributed by atoms with Gasteiger partial charge in [0.15, 0.2) is 5.11 Å². The third kappa shape index (κ3) is 5.55. The summed E-state index contributed by atoms with van der Waals surface area (Å²) in [5, 5.41) is 4.66. The van der Waals surface area contributed by atoms with Crippen molar-refractivity contribution in [3.8, 4) is 0 Å². The molecule has 0 aromatic heterocycles. The first-order valence-electron chi connectivity index (χ1n) is 10.5. The molecular weight excluding hydrogens is 496 g/mol. The molecule has 3 aromatic rings. The Morgan fingerprint density at radius 3 is 2.18 bits per heavy atom. The first kappa shape index (κ1) is 24.1. The number of anilines is 2. The Balaban J connectivity index is 1.58. The van der Waals surface area contributed by atoms with Crippen LogP contribution in [-0.4, -0.2) is 34.4 Å². The third-order valence-corrected chi connectivity index (χ3v) is 6.34. The highest BCUT2D eigenvalue weighted by Gasteiger charge is 2.43. The number of nitrogens with one attached hydrogen (secondary N) is 1. The van der Waals surface area contributed by atoms with Crippen LogP contribution in [0.5, 0.6) is 0 Å². The summed E-state index contributed by atoms with van der Waals surface area (Å²) in [5.41, 5.74) is 2.04. The average Bonchev–Trinajstić information content (AvgIpc) is 3.11. The number of imide groups is 1. The number of nitrogens with zero attached hydrogens (tertiary/aromatic N) is 2. The van der Waals surface area contributed by atoms with Crippen LogP contribution in [0.25, 0.3) is 0 Å². The molecule has 2 amide bonds. The van der Waals surface area contributed by atoms with Crippen LogP contribution in [0.3, 0.4) is 0 Å². The van der Waals surface area contributed by atoms with Gasteiger partial charge in [-0.1, -0.05) is 35.3 Å². The molecule has 1 heterocycles. The fourth-order valence-electron chi connectivity index (χ4n) is 3.75. The maximum absolute atomic E-state index is 13.4. The van der Waals surface area contributed by atoms with Crippen molar-refractivity contribution in [2.24, 2.45) is 0 Å². The highest BCUT2D eigenvalue weighted by atomic mass is 35.5. The fraction of sp³-hybridized carbons (Fsp3) is 0.160. The van der Waals surface area contributed by atoms with E-state index >= 15 is 0 Å². The van der Waals surface area contributed by atoms with E-state index in [9.17, 15) is 14.0 Å². The van der Waals surface area contributed by atoms with Crippen LogP contribution in [-0.2, 0) is 16.0 Å². The second-order valence-corrected chi connectivity index (χ2v) is 9.03.